The summed E-state index contributed by atoms with van der Waals surface area (Å²) in [6.45, 7) is 10.9. The summed E-state index contributed by atoms with van der Waals surface area (Å²) in [5.74, 6) is 0. The summed E-state index contributed by atoms with van der Waals surface area (Å²) in [5.41, 5.74) is 5.50. The van der Waals surface area contributed by atoms with Crippen molar-refractivity contribution in [1.82, 2.24) is 14.9 Å². The Balaban J connectivity index is 1.75. The van der Waals surface area contributed by atoms with Gasteiger partial charge >= 0.3 is 0 Å². The Hall–Kier alpha value is -3.04. The second-order valence-electron chi connectivity index (χ2n) is 6.32. The van der Waals surface area contributed by atoms with Crippen LogP contribution in [-0.4, -0.2) is 28.0 Å². The zero-order valence-corrected chi connectivity index (χ0v) is 14.9. The van der Waals surface area contributed by atoms with Gasteiger partial charge in [-0.3, -0.25) is 14.9 Å². The number of aromatic nitrogens is 2. The molecule has 1 aromatic carbocycles. The minimum Gasteiger partial charge on any atom is -0.291 e. The Labute approximate surface area is 155 Å². The van der Waals surface area contributed by atoms with Crippen LogP contribution in [0, 0.1) is 0 Å². The van der Waals surface area contributed by atoms with Crippen molar-refractivity contribution < 1.29 is 0 Å². The zero-order chi connectivity index (χ0) is 18.2. The van der Waals surface area contributed by atoms with Crippen LogP contribution in [0.3, 0.4) is 0 Å². The fourth-order valence-electron chi connectivity index (χ4n) is 2.88. The quantitative estimate of drug-likeness (QED) is 0.594. The topological polar surface area (TPSA) is 29.0 Å². The molecule has 0 aliphatic heterocycles. The largest absolute Gasteiger partial charge is 0.291 e. The highest BCUT2D eigenvalue weighted by Crippen LogP contribution is 2.18. The van der Waals surface area contributed by atoms with Crippen LogP contribution in [0.25, 0.3) is 11.1 Å². The molecule has 0 N–H and O–H groups in total. The van der Waals surface area contributed by atoms with Crippen LogP contribution >= 0.6 is 0 Å². The minimum atomic E-state index is 0.750. The van der Waals surface area contributed by atoms with Gasteiger partial charge in [0.25, 0.3) is 0 Å². The molecule has 0 atom stereocenters. The van der Waals surface area contributed by atoms with E-state index in [0.717, 1.165) is 41.9 Å². The van der Waals surface area contributed by atoms with Gasteiger partial charge < -0.3 is 0 Å². The van der Waals surface area contributed by atoms with E-state index in [1.54, 1.807) is 12.4 Å². The molecule has 26 heavy (non-hydrogen) atoms. The number of rotatable bonds is 8. The molecule has 3 aromatic rings. The third-order valence-corrected chi connectivity index (χ3v) is 4.22. The molecule has 0 aliphatic rings. The highest BCUT2D eigenvalue weighted by molar-refractivity contribution is 5.66. The van der Waals surface area contributed by atoms with Gasteiger partial charge in [-0.1, -0.05) is 55.6 Å². The van der Waals surface area contributed by atoms with Crippen LogP contribution in [0.4, 0.5) is 0 Å². The van der Waals surface area contributed by atoms with Crippen molar-refractivity contribution in [3.63, 3.8) is 0 Å². The van der Waals surface area contributed by atoms with Crippen molar-refractivity contribution in [2.24, 2.45) is 0 Å². The van der Waals surface area contributed by atoms with Gasteiger partial charge in [-0.15, -0.1) is 0 Å². The maximum absolute atomic E-state index is 4.26. The Bertz CT molecular complexity index is 789. The summed E-state index contributed by atoms with van der Waals surface area (Å²) in [7, 11) is 0. The van der Waals surface area contributed by atoms with E-state index in [2.05, 4.69) is 52.3 Å². The van der Waals surface area contributed by atoms with Crippen LogP contribution in [0.5, 0.6) is 0 Å². The predicted molar refractivity (Wildman–Crippen MR) is 108 cm³/mol. The van der Waals surface area contributed by atoms with Gasteiger partial charge in [0.2, 0.25) is 0 Å². The smallest absolute Gasteiger partial charge is 0.0343 e. The number of hydrogen-bond acceptors (Lipinski definition) is 3. The van der Waals surface area contributed by atoms with Gasteiger partial charge in [-0.2, -0.15) is 0 Å². The van der Waals surface area contributed by atoms with Crippen molar-refractivity contribution in [3.8, 4) is 0 Å². The molecular formula is C23H23N3. The first-order valence-electron chi connectivity index (χ1n) is 8.65. The van der Waals surface area contributed by atoms with Crippen LogP contribution in [-0.2, 0) is 6.54 Å². The molecular weight excluding hydrogens is 318 g/mol. The standard InChI is InChI=1S/C23H23N3/c1-19(22-10-6-12-24-14-22)16-26(18-21-8-4-3-5-9-21)17-20(2)23-11-7-13-25-15-23/h3-15H,1-2,16-18H2. The summed E-state index contributed by atoms with van der Waals surface area (Å²) in [4.78, 5) is 10.7. The van der Waals surface area contributed by atoms with E-state index < -0.39 is 0 Å². The molecule has 0 fully saturated rings. The average molecular weight is 341 g/mol. The second-order valence-corrected chi connectivity index (χ2v) is 6.32. The van der Waals surface area contributed by atoms with Gasteiger partial charge in [0.15, 0.2) is 0 Å². The Morgan fingerprint density at radius 2 is 1.27 bits per heavy atom. The van der Waals surface area contributed by atoms with Crippen LogP contribution in [0.1, 0.15) is 16.7 Å². The van der Waals surface area contributed by atoms with E-state index >= 15 is 0 Å². The molecule has 3 nitrogen and oxygen atoms in total. The van der Waals surface area contributed by atoms with Crippen LogP contribution in [0.15, 0.2) is 92.5 Å². The molecule has 0 amide bonds. The van der Waals surface area contributed by atoms with Crippen LogP contribution in [0.2, 0.25) is 0 Å². The first-order chi connectivity index (χ1) is 12.7. The Morgan fingerprint density at radius 3 is 1.73 bits per heavy atom. The molecule has 0 aliphatic carbocycles. The van der Waals surface area contributed by atoms with Crippen molar-refractivity contribution in [1.29, 1.82) is 0 Å². The molecule has 0 spiro atoms. The molecule has 0 saturated heterocycles. The third-order valence-electron chi connectivity index (χ3n) is 4.22. The molecule has 130 valence electrons. The van der Waals surface area contributed by atoms with E-state index in [4.69, 9.17) is 0 Å². The van der Waals surface area contributed by atoms with E-state index in [9.17, 15) is 0 Å². The minimum absolute atomic E-state index is 0.750. The first kappa shape index (κ1) is 17.8. The second kappa shape index (κ2) is 8.88. The maximum atomic E-state index is 4.26. The lowest BCUT2D eigenvalue weighted by atomic mass is 10.1. The van der Waals surface area contributed by atoms with E-state index in [1.165, 1.54) is 5.56 Å². The van der Waals surface area contributed by atoms with Crippen molar-refractivity contribution in [3.05, 3.63) is 109 Å². The predicted octanol–water partition coefficient (Wildman–Crippen LogP) is 4.71. The highest BCUT2D eigenvalue weighted by atomic mass is 15.1. The summed E-state index contributed by atoms with van der Waals surface area (Å²) < 4.78 is 0. The Kier molecular flexibility index (Phi) is 6.07. The lowest BCUT2D eigenvalue weighted by Gasteiger charge is -2.25. The maximum Gasteiger partial charge on any atom is 0.0343 e. The first-order valence-corrected chi connectivity index (χ1v) is 8.65. The van der Waals surface area contributed by atoms with Crippen molar-refractivity contribution in [2.45, 2.75) is 6.54 Å². The van der Waals surface area contributed by atoms with Gasteiger partial charge in [0.05, 0.1) is 0 Å². The van der Waals surface area contributed by atoms with Gasteiger partial charge in [-0.25, -0.2) is 0 Å². The summed E-state index contributed by atoms with van der Waals surface area (Å²) in [6, 6.07) is 18.4. The zero-order valence-electron chi connectivity index (χ0n) is 14.9. The van der Waals surface area contributed by atoms with Gasteiger partial charge in [0, 0.05) is 44.4 Å². The SMILES string of the molecule is C=C(CN(CC(=C)c1cccnc1)Cc1ccccc1)c1cccnc1. The fraction of sp³-hybridized carbons (Fsp3) is 0.130. The number of nitrogens with zero attached hydrogens (tertiary/aromatic N) is 3. The molecule has 0 unspecified atom stereocenters. The summed E-state index contributed by atoms with van der Waals surface area (Å²) in [5, 5.41) is 0. The summed E-state index contributed by atoms with van der Waals surface area (Å²) >= 11 is 0. The average Bonchev–Trinajstić information content (AvgIpc) is 2.70. The van der Waals surface area contributed by atoms with Crippen LogP contribution < -0.4 is 0 Å². The van der Waals surface area contributed by atoms with Crippen molar-refractivity contribution in [2.75, 3.05) is 13.1 Å². The fourth-order valence-corrected chi connectivity index (χ4v) is 2.88. The van der Waals surface area contributed by atoms with E-state index in [0.29, 0.717) is 0 Å². The lowest BCUT2D eigenvalue weighted by molar-refractivity contribution is 0.337. The molecule has 3 heteroatoms. The van der Waals surface area contributed by atoms with E-state index in [1.807, 2.05) is 42.7 Å². The van der Waals surface area contributed by atoms with Crippen molar-refractivity contribution >= 4 is 11.1 Å². The number of benzene rings is 1. The molecule has 0 saturated carbocycles. The molecule has 3 rings (SSSR count). The molecule has 2 heterocycles. The third kappa shape index (κ3) is 4.98. The molecule has 2 aromatic heterocycles. The van der Waals surface area contributed by atoms with Gasteiger partial charge in [-0.05, 0) is 40.0 Å². The molecule has 0 radical (unpaired) electrons. The summed E-state index contributed by atoms with van der Waals surface area (Å²) in [6.07, 6.45) is 7.28. The van der Waals surface area contributed by atoms with E-state index in [-0.39, 0.29) is 0 Å². The molecule has 0 bridgehead atoms. The lowest BCUT2D eigenvalue weighted by Crippen LogP contribution is -2.27. The van der Waals surface area contributed by atoms with Gasteiger partial charge in [0.1, 0.15) is 0 Å². The normalized spacial score (nSPS) is 10.7. The highest BCUT2D eigenvalue weighted by Gasteiger charge is 2.12. The monoisotopic (exact) mass is 341 g/mol. The Morgan fingerprint density at radius 1 is 0.731 bits per heavy atom. The number of pyridine rings is 2. The number of hydrogen-bond donors (Lipinski definition) is 0.